The second-order valence-electron chi connectivity index (χ2n) is 5.10. The van der Waals surface area contributed by atoms with Gasteiger partial charge in [0.2, 0.25) is 0 Å². The van der Waals surface area contributed by atoms with Gasteiger partial charge in [-0.05, 0) is 17.5 Å². The van der Waals surface area contributed by atoms with E-state index in [0.29, 0.717) is 6.42 Å². The summed E-state index contributed by atoms with van der Waals surface area (Å²) < 4.78 is 5.19. The Balaban J connectivity index is 1.93. The lowest BCUT2D eigenvalue weighted by atomic mass is 10.0. The molecule has 0 fully saturated rings. The molecule has 0 heterocycles. The minimum atomic E-state index is -0.898. The Morgan fingerprint density at radius 2 is 1.61 bits per heavy atom. The highest BCUT2D eigenvalue weighted by molar-refractivity contribution is 5.69. The number of hydrogen-bond acceptors (Lipinski definition) is 3. The molecule has 0 spiro atoms. The van der Waals surface area contributed by atoms with Crippen molar-refractivity contribution in [1.82, 2.24) is 5.32 Å². The Morgan fingerprint density at radius 1 is 1.00 bits per heavy atom. The van der Waals surface area contributed by atoms with Gasteiger partial charge in [0.15, 0.2) is 0 Å². The molecule has 0 aliphatic heterocycles. The van der Waals surface area contributed by atoms with E-state index in [1.54, 1.807) is 0 Å². The molecule has 2 rings (SSSR count). The molecule has 0 aliphatic carbocycles. The van der Waals surface area contributed by atoms with Crippen LogP contribution in [0.15, 0.2) is 60.7 Å². The highest BCUT2D eigenvalue weighted by Crippen LogP contribution is 2.18. The summed E-state index contributed by atoms with van der Waals surface area (Å²) >= 11 is 0. The summed E-state index contributed by atoms with van der Waals surface area (Å²) in [4.78, 5) is 22.8. The third kappa shape index (κ3) is 5.82. The van der Waals surface area contributed by atoms with Crippen molar-refractivity contribution in [3.63, 3.8) is 0 Å². The summed E-state index contributed by atoms with van der Waals surface area (Å²) in [5, 5.41) is 11.6. The van der Waals surface area contributed by atoms with Crippen LogP contribution in [0.1, 0.15) is 30.0 Å². The van der Waals surface area contributed by atoms with E-state index in [4.69, 9.17) is 9.84 Å². The lowest BCUT2D eigenvalue weighted by molar-refractivity contribution is -0.137. The molecule has 23 heavy (non-hydrogen) atoms. The molecule has 0 radical (unpaired) electrons. The second-order valence-corrected chi connectivity index (χ2v) is 5.10. The van der Waals surface area contributed by atoms with Crippen LogP contribution in [-0.4, -0.2) is 17.2 Å². The predicted octanol–water partition coefficient (Wildman–Crippen LogP) is 3.52. The molecule has 120 valence electrons. The van der Waals surface area contributed by atoms with Crippen LogP contribution < -0.4 is 5.32 Å². The van der Waals surface area contributed by atoms with Gasteiger partial charge in [-0.3, -0.25) is 4.79 Å². The highest BCUT2D eigenvalue weighted by Gasteiger charge is 2.16. The predicted molar refractivity (Wildman–Crippen MR) is 85.8 cm³/mol. The number of benzene rings is 2. The Hall–Kier alpha value is -2.82. The lowest BCUT2D eigenvalue weighted by Crippen LogP contribution is -2.29. The maximum absolute atomic E-state index is 12.0. The maximum Gasteiger partial charge on any atom is 0.407 e. The first kappa shape index (κ1) is 16.5. The third-order valence-corrected chi connectivity index (χ3v) is 3.35. The number of carbonyl (C=O) groups excluding carboxylic acids is 1. The lowest BCUT2D eigenvalue weighted by Gasteiger charge is -2.18. The Labute approximate surface area is 134 Å². The number of alkyl carbamates (subject to hydrolysis) is 1. The van der Waals surface area contributed by atoms with Gasteiger partial charge in [0.1, 0.15) is 6.61 Å². The zero-order valence-corrected chi connectivity index (χ0v) is 12.6. The number of carboxylic acids is 1. The van der Waals surface area contributed by atoms with E-state index in [-0.39, 0.29) is 13.0 Å². The number of ether oxygens (including phenoxy) is 1. The molecule has 2 aromatic carbocycles. The van der Waals surface area contributed by atoms with Crippen molar-refractivity contribution in [2.45, 2.75) is 25.5 Å². The summed E-state index contributed by atoms with van der Waals surface area (Å²) in [6.07, 6.45) is -0.286. The molecule has 2 aromatic rings. The van der Waals surface area contributed by atoms with Gasteiger partial charge in [-0.1, -0.05) is 60.7 Å². The monoisotopic (exact) mass is 313 g/mol. The normalized spacial score (nSPS) is 11.5. The summed E-state index contributed by atoms with van der Waals surface area (Å²) in [5.74, 6) is -0.898. The van der Waals surface area contributed by atoms with E-state index in [2.05, 4.69) is 5.32 Å². The molecule has 2 N–H and O–H groups in total. The smallest absolute Gasteiger partial charge is 0.407 e. The van der Waals surface area contributed by atoms with Crippen LogP contribution in [0.25, 0.3) is 0 Å². The number of aliphatic carboxylic acids is 1. The van der Waals surface area contributed by atoms with Gasteiger partial charge in [-0.25, -0.2) is 4.79 Å². The van der Waals surface area contributed by atoms with Gasteiger partial charge in [0.25, 0.3) is 0 Å². The van der Waals surface area contributed by atoms with E-state index < -0.39 is 18.1 Å². The van der Waals surface area contributed by atoms with Gasteiger partial charge in [-0.2, -0.15) is 0 Å². The van der Waals surface area contributed by atoms with E-state index in [9.17, 15) is 9.59 Å². The molecule has 5 nitrogen and oxygen atoms in total. The first-order valence-corrected chi connectivity index (χ1v) is 7.39. The van der Waals surface area contributed by atoms with Gasteiger partial charge in [0, 0.05) is 6.42 Å². The number of rotatable bonds is 7. The fraction of sp³-hybridized carbons (Fsp3) is 0.222. The molecular formula is C18H19NO4. The molecule has 5 heteroatoms. The Morgan fingerprint density at radius 3 is 2.22 bits per heavy atom. The zero-order chi connectivity index (χ0) is 16.5. The Kier molecular flexibility index (Phi) is 6.17. The molecule has 0 aliphatic rings. The minimum Gasteiger partial charge on any atom is -0.481 e. The number of amides is 1. The summed E-state index contributed by atoms with van der Waals surface area (Å²) in [7, 11) is 0. The van der Waals surface area contributed by atoms with Crippen LogP contribution >= 0.6 is 0 Å². The van der Waals surface area contributed by atoms with Crippen LogP contribution in [0.5, 0.6) is 0 Å². The molecule has 1 atom stereocenters. The molecular weight excluding hydrogens is 294 g/mol. The molecule has 0 saturated heterocycles. The largest absolute Gasteiger partial charge is 0.481 e. The maximum atomic E-state index is 12.0. The highest BCUT2D eigenvalue weighted by atomic mass is 16.5. The fourth-order valence-electron chi connectivity index (χ4n) is 2.18. The topological polar surface area (TPSA) is 75.6 Å². The fourth-order valence-corrected chi connectivity index (χ4v) is 2.18. The van der Waals surface area contributed by atoms with Crippen molar-refractivity contribution in [3.05, 3.63) is 71.8 Å². The number of carboxylic acid groups (broad SMARTS) is 1. The summed E-state index contributed by atoms with van der Waals surface area (Å²) in [5.41, 5.74) is 1.75. The van der Waals surface area contributed by atoms with Crippen molar-refractivity contribution < 1.29 is 19.4 Å². The van der Waals surface area contributed by atoms with Crippen molar-refractivity contribution in [3.8, 4) is 0 Å². The van der Waals surface area contributed by atoms with Gasteiger partial charge in [0.05, 0.1) is 6.04 Å². The number of hydrogen-bond donors (Lipinski definition) is 2. The van der Waals surface area contributed by atoms with Gasteiger partial charge >= 0.3 is 12.1 Å². The van der Waals surface area contributed by atoms with Crippen molar-refractivity contribution in [2.24, 2.45) is 0 Å². The molecule has 0 aromatic heterocycles. The second kappa shape index (κ2) is 8.58. The van der Waals surface area contributed by atoms with E-state index >= 15 is 0 Å². The average Bonchev–Trinajstić information content (AvgIpc) is 2.58. The number of nitrogens with one attached hydrogen (secondary N) is 1. The van der Waals surface area contributed by atoms with E-state index in [0.717, 1.165) is 11.1 Å². The molecule has 0 bridgehead atoms. The molecule has 1 amide bonds. The van der Waals surface area contributed by atoms with E-state index in [1.807, 2.05) is 60.7 Å². The van der Waals surface area contributed by atoms with Crippen LogP contribution in [0.4, 0.5) is 4.79 Å². The molecule has 0 unspecified atom stereocenters. The van der Waals surface area contributed by atoms with Crippen molar-refractivity contribution in [1.29, 1.82) is 0 Å². The van der Waals surface area contributed by atoms with Crippen LogP contribution in [0, 0.1) is 0 Å². The van der Waals surface area contributed by atoms with E-state index in [1.165, 1.54) is 0 Å². The average molecular weight is 313 g/mol. The molecule has 0 saturated carbocycles. The SMILES string of the molecule is O=C(O)CC[C@@H](NC(=O)OCc1ccccc1)c1ccccc1. The Bertz CT molecular complexity index is 628. The van der Waals surface area contributed by atoms with Crippen molar-refractivity contribution in [2.75, 3.05) is 0 Å². The first-order valence-electron chi connectivity index (χ1n) is 7.39. The third-order valence-electron chi connectivity index (χ3n) is 3.35. The summed E-state index contributed by atoms with van der Waals surface area (Å²) in [6, 6.07) is 18.2. The zero-order valence-electron chi connectivity index (χ0n) is 12.6. The number of carbonyl (C=O) groups is 2. The van der Waals surface area contributed by atoms with Crippen LogP contribution in [0.3, 0.4) is 0 Å². The standard InChI is InChI=1S/C18H19NO4/c20-17(21)12-11-16(15-9-5-2-6-10-15)19-18(22)23-13-14-7-3-1-4-8-14/h1-10,16H,11-13H2,(H,19,22)(H,20,21)/t16-/m1/s1. The van der Waals surface area contributed by atoms with Crippen molar-refractivity contribution >= 4 is 12.1 Å². The van der Waals surface area contributed by atoms with Gasteiger partial charge in [-0.15, -0.1) is 0 Å². The minimum absolute atomic E-state index is 0.0292. The first-order chi connectivity index (χ1) is 11.1. The van der Waals surface area contributed by atoms with Crippen LogP contribution in [-0.2, 0) is 16.1 Å². The summed E-state index contributed by atoms with van der Waals surface area (Å²) in [6.45, 7) is 0.174. The van der Waals surface area contributed by atoms with Gasteiger partial charge < -0.3 is 15.2 Å². The van der Waals surface area contributed by atoms with Crippen LogP contribution in [0.2, 0.25) is 0 Å². The quantitative estimate of drug-likeness (QED) is 0.820.